The molecule has 0 saturated carbocycles. The average Bonchev–Trinajstić information content (AvgIpc) is 2.57. The smallest absolute Gasteiger partial charge is 0.325 e. The van der Waals surface area contributed by atoms with Crippen LogP contribution in [0.25, 0.3) is 10.9 Å². The van der Waals surface area contributed by atoms with Crippen LogP contribution in [-0.4, -0.2) is 48.6 Å². The summed E-state index contributed by atoms with van der Waals surface area (Å²) in [6.45, 7) is 3.58. The Labute approximate surface area is 135 Å². The van der Waals surface area contributed by atoms with E-state index < -0.39 is 5.97 Å². The van der Waals surface area contributed by atoms with E-state index in [1.54, 1.807) is 25.3 Å². The van der Waals surface area contributed by atoms with E-state index in [-0.39, 0.29) is 18.5 Å². The Balaban J connectivity index is 2.33. The Kier molecular flexibility index (Phi) is 5.16. The summed E-state index contributed by atoms with van der Waals surface area (Å²) in [5.41, 5.74) is 0.985. The zero-order valence-corrected chi connectivity index (χ0v) is 13.7. The van der Waals surface area contributed by atoms with Crippen LogP contribution in [0.5, 0.6) is 5.75 Å². The number of benzene rings is 1. The van der Waals surface area contributed by atoms with Crippen LogP contribution in [0.1, 0.15) is 24.3 Å². The fraction of sp³-hybridized carbons (Fsp3) is 0.353. The van der Waals surface area contributed by atoms with Crippen LogP contribution in [0.2, 0.25) is 0 Å². The maximum absolute atomic E-state index is 12.6. The second-order valence-corrected chi connectivity index (χ2v) is 5.36. The summed E-state index contributed by atoms with van der Waals surface area (Å²) in [6, 6.07) is 8.76. The molecule has 0 fully saturated rings. The van der Waals surface area contributed by atoms with E-state index in [2.05, 4.69) is 9.72 Å². The van der Waals surface area contributed by atoms with Gasteiger partial charge in [-0.3, -0.25) is 9.59 Å². The second-order valence-electron chi connectivity index (χ2n) is 5.36. The number of nitrogens with zero attached hydrogens (tertiary/aromatic N) is 2. The first-order valence-electron chi connectivity index (χ1n) is 7.29. The highest BCUT2D eigenvalue weighted by Gasteiger charge is 2.23. The van der Waals surface area contributed by atoms with Gasteiger partial charge in [0.15, 0.2) is 0 Å². The van der Waals surface area contributed by atoms with Crippen molar-refractivity contribution in [1.29, 1.82) is 0 Å². The van der Waals surface area contributed by atoms with Gasteiger partial charge in [-0.1, -0.05) is 6.07 Å². The molecule has 6 heteroatoms. The normalized spacial score (nSPS) is 10.7. The van der Waals surface area contributed by atoms with Gasteiger partial charge in [0.2, 0.25) is 0 Å². The van der Waals surface area contributed by atoms with Crippen LogP contribution < -0.4 is 4.74 Å². The molecule has 0 unspecified atom stereocenters. The van der Waals surface area contributed by atoms with Gasteiger partial charge >= 0.3 is 5.97 Å². The van der Waals surface area contributed by atoms with Crippen molar-refractivity contribution >= 4 is 22.8 Å². The molecule has 0 radical (unpaired) electrons. The van der Waals surface area contributed by atoms with Gasteiger partial charge < -0.3 is 14.4 Å². The monoisotopic (exact) mass is 316 g/mol. The van der Waals surface area contributed by atoms with Gasteiger partial charge in [-0.15, -0.1) is 0 Å². The molecule has 0 aliphatic heterocycles. The van der Waals surface area contributed by atoms with E-state index in [4.69, 9.17) is 4.74 Å². The van der Waals surface area contributed by atoms with Gasteiger partial charge in [-0.25, -0.2) is 4.98 Å². The van der Waals surface area contributed by atoms with Gasteiger partial charge in [0.1, 0.15) is 18.0 Å². The minimum atomic E-state index is -0.461. The number of fused-ring (bicyclic) bond motifs is 1. The maximum Gasteiger partial charge on any atom is 0.325 e. The lowest BCUT2D eigenvalue weighted by molar-refractivity contribution is -0.141. The molecule has 0 aliphatic rings. The van der Waals surface area contributed by atoms with E-state index in [0.29, 0.717) is 11.2 Å². The fourth-order valence-corrected chi connectivity index (χ4v) is 2.19. The van der Waals surface area contributed by atoms with Crippen molar-refractivity contribution < 1.29 is 19.1 Å². The summed E-state index contributed by atoms with van der Waals surface area (Å²) in [5.74, 6) is -0.0337. The molecule has 0 bridgehead atoms. The van der Waals surface area contributed by atoms with Crippen LogP contribution in [0, 0.1) is 0 Å². The summed E-state index contributed by atoms with van der Waals surface area (Å²) in [6.07, 6.45) is 0. The number of esters is 1. The highest BCUT2D eigenvalue weighted by molar-refractivity contribution is 5.96. The number of rotatable bonds is 5. The lowest BCUT2D eigenvalue weighted by Crippen LogP contribution is -2.41. The van der Waals surface area contributed by atoms with Crippen molar-refractivity contribution in [2.24, 2.45) is 0 Å². The third kappa shape index (κ3) is 3.77. The minimum absolute atomic E-state index is 0.102. The van der Waals surface area contributed by atoms with Crippen LogP contribution in [-0.2, 0) is 9.53 Å². The molecule has 2 rings (SSSR count). The van der Waals surface area contributed by atoms with Gasteiger partial charge in [0.05, 0.1) is 19.7 Å². The maximum atomic E-state index is 12.6. The summed E-state index contributed by atoms with van der Waals surface area (Å²) < 4.78 is 9.82. The summed E-state index contributed by atoms with van der Waals surface area (Å²) in [7, 11) is 2.90. The minimum Gasteiger partial charge on any atom is -0.497 e. The molecule has 1 aromatic heterocycles. The topological polar surface area (TPSA) is 68.7 Å². The summed E-state index contributed by atoms with van der Waals surface area (Å²) in [4.78, 5) is 30.0. The predicted octanol–water partition coefficient (Wildman–Crippen LogP) is 2.27. The molecule has 2 aromatic rings. The lowest BCUT2D eigenvalue weighted by atomic mass is 10.1. The molecule has 23 heavy (non-hydrogen) atoms. The molecule has 0 atom stereocenters. The molecule has 0 aliphatic carbocycles. The number of carbonyl (C=O) groups is 2. The third-order valence-electron chi connectivity index (χ3n) is 3.53. The first-order valence-corrected chi connectivity index (χ1v) is 7.29. The van der Waals surface area contributed by atoms with Crippen LogP contribution in [0.15, 0.2) is 30.3 Å². The highest BCUT2D eigenvalue weighted by Crippen LogP contribution is 2.20. The SMILES string of the molecule is COC(=O)CN(C(=O)c1ccc2cc(OC)ccc2n1)C(C)C. The van der Waals surface area contributed by atoms with E-state index in [9.17, 15) is 9.59 Å². The molecular formula is C17H20N2O4. The van der Waals surface area contributed by atoms with Crippen molar-refractivity contribution in [3.05, 3.63) is 36.0 Å². The first kappa shape index (κ1) is 16.7. The van der Waals surface area contributed by atoms with Gasteiger partial charge in [0, 0.05) is 11.4 Å². The standard InChI is InChI=1S/C17H20N2O4/c1-11(2)19(10-16(20)23-4)17(21)15-7-5-12-9-13(22-3)6-8-14(12)18-15/h5-9,11H,10H2,1-4H3. The molecule has 0 saturated heterocycles. The molecule has 0 N–H and O–H groups in total. The molecule has 1 aromatic carbocycles. The molecule has 122 valence electrons. The predicted molar refractivity (Wildman–Crippen MR) is 86.5 cm³/mol. The van der Waals surface area contributed by atoms with E-state index in [1.165, 1.54) is 12.0 Å². The van der Waals surface area contributed by atoms with Crippen molar-refractivity contribution in [2.45, 2.75) is 19.9 Å². The quantitative estimate of drug-likeness (QED) is 0.792. The number of amides is 1. The number of hydrogen-bond acceptors (Lipinski definition) is 5. The fourth-order valence-electron chi connectivity index (χ4n) is 2.19. The Bertz CT molecular complexity index is 728. The van der Waals surface area contributed by atoms with Crippen molar-refractivity contribution in [1.82, 2.24) is 9.88 Å². The average molecular weight is 316 g/mol. The Morgan fingerprint density at radius 1 is 1.17 bits per heavy atom. The molecule has 0 spiro atoms. The zero-order chi connectivity index (χ0) is 17.0. The Hall–Kier alpha value is -2.63. The number of methoxy groups -OCH3 is 2. The summed E-state index contributed by atoms with van der Waals surface area (Å²) in [5, 5.41) is 0.880. The van der Waals surface area contributed by atoms with Crippen LogP contribution in [0.4, 0.5) is 0 Å². The lowest BCUT2D eigenvalue weighted by Gasteiger charge is -2.25. The number of pyridine rings is 1. The molecule has 6 nitrogen and oxygen atoms in total. The van der Waals surface area contributed by atoms with Crippen molar-refractivity contribution in [3.63, 3.8) is 0 Å². The van der Waals surface area contributed by atoms with Gasteiger partial charge in [-0.2, -0.15) is 0 Å². The van der Waals surface area contributed by atoms with Gasteiger partial charge in [0.25, 0.3) is 5.91 Å². The highest BCUT2D eigenvalue weighted by atomic mass is 16.5. The van der Waals surface area contributed by atoms with Crippen LogP contribution >= 0.6 is 0 Å². The third-order valence-corrected chi connectivity index (χ3v) is 3.53. The Morgan fingerprint density at radius 3 is 2.52 bits per heavy atom. The van der Waals surface area contributed by atoms with E-state index in [0.717, 1.165) is 11.1 Å². The van der Waals surface area contributed by atoms with Gasteiger partial charge in [-0.05, 0) is 38.1 Å². The van der Waals surface area contributed by atoms with Crippen molar-refractivity contribution in [2.75, 3.05) is 20.8 Å². The molecule has 1 amide bonds. The first-order chi connectivity index (χ1) is 11.0. The second kappa shape index (κ2) is 7.09. The van der Waals surface area contributed by atoms with E-state index in [1.807, 2.05) is 26.0 Å². The zero-order valence-electron chi connectivity index (χ0n) is 13.7. The van der Waals surface area contributed by atoms with E-state index >= 15 is 0 Å². The number of hydrogen-bond donors (Lipinski definition) is 0. The van der Waals surface area contributed by atoms with Crippen molar-refractivity contribution in [3.8, 4) is 5.75 Å². The molecule has 1 heterocycles. The van der Waals surface area contributed by atoms with Crippen LogP contribution in [0.3, 0.4) is 0 Å². The number of carbonyl (C=O) groups excluding carboxylic acids is 2. The number of aromatic nitrogens is 1. The summed E-state index contributed by atoms with van der Waals surface area (Å²) >= 11 is 0. The largest absolute Gasteiger partial charge is 0.497 e. The molecular weight excluding hydrogens is 296 g/mol. The Morgan fingerprint density at radius 2 is 1.91 bits per heavy atom. The number of ether oxygens (including phenoxy) is 2.